The molecule has 7 heteroatoms. The van der Waals surface area contributed by atoms with E-state index in [0.29, 0.717) is 35.7 Å². The zero-order valence-electron chi connectivity index (χ0n) is 19.8. The molecule has 1 fully saturated rings. The Morgan fingerprint density at radius 3 is 2.67 bits per heavy atom. The highest BCUT2D eigenvalue weighted by atomic mass is 19.1. The van der Waals surface area contributed by atoms with Crippen molar-refractivity contribution in [2.75, 3.05) is 32.9 Å². The molecule has 0 spiro atoms. The first-order valence-corrected chi connectivity index (χ1v) is 12.3. The molecule has 2 aliphatic carbocycles. The molecule has 0 radical (unpaired) electrons. The fourth-order valence-electron chi connectivity index (χ4n) is 5.21. The van der Waals surface area contributed by atoms with Crippen LogP contribution in [0.25, 0.3) is 0 Å². The predicted molar refractivity (Wildman–Crippen MR) is 133 cm³/mol. The molecule has 0 unspecified atom stereocenters. The van der Waals surface area contributed by atoms with Gasteiger partial charge in [-0.05, 0) is 30.2 Å². The van der Waals surface area contributed by atoms with Crippen molar-refractivity contribution in [3.63, 3.8) is 0 Å². The zero-order valence-corrected chi connectivity index (χ0v) is 19.8. The summed E-state index contributed by atoms with van der Waals surface area (Å²) in [4.78, 5) is 2.19. The van der Waals surface area contributed by atoms with Crippen LogP contribution in [0.5, 0.6) is 5.75 Å². The molecule has 1 atom stereocenters. The summed E-state index contributed by atoms with van der Waals surface area (Å²) in [7, 11) is 0. The Morgan fingerprint density at radius 1 is 1.03 bits per heavy atom. The standard InChI is InChI=1S/C29H28FNO5/c30-15-18-16-31(17-18)11-12-34-21-8-5-19(6-9-21)20-7-10-22-24-14-27(32)35-25-4-2-1-3-23(25)28(24)29(33)36-26(22)13-20/h1,3,5-10,13-14,18,20,32-33H,2,4,11-12,15-17H2/t20-/m0/s1. The number of benzene rings is 1. The summed E-state index contributed by atoms with van der Waals surface area (Å²) in [5.74, 6) is 1.68. The van der Waals surface area contributed by atoms with Crippen LogP contribution in [-0.2, 0) is 9.47 Å². The predicted octanol–water partition coefficient (Wildman–Crippen LogP) is 5.63. The molecule has 5 aliphatic rings. The van der Waals surface area contributed by atoms with Crippen molar-refractivity contribution in [2.24, 2.45) is 5.92 Å². The Balaban J connectivity index is 1.18. The van der Waals surface area contributed by atoms with E-state index >= 15 is 0 Å². The average Bonchev–Trinajstić information content (AvgIpc) is 3.01. The average molecular weight is 490 g/mol. The lowest BCUT2D eigenvalue weighted by Gasteiger charge is -2.37. The molecule has 1 aromatic carbocycles. The van der Waals surface area contributed by atoms with Gasteiger partial charge in [0.2, 0.25) is 0 Å². The lowest BCUT2D eigenvalue weighted by atomic mass is 9.84. The van der Waals surface area contributed by atoms with Crippen LogP contribution in [0.3, 0.4) is 0 Å². The lowest BCUT2D eigenvalue weighted by Crippen LogP contribution is -2.49. The van der Waals surface area contributed by atoms with Gasteiger partial charge < -0.3 is 24.4 Å². The van der Waals surface area contributed by atoms with Gasteiger partial charge in [-0.1, -0.05) is 36.4 Å². The monoisotopic (exact) mass is 489 g/mol. The fourth-order valence-corrected chi connectivity index (χ4v) is 5.21. The third-order valence-corrected chi connectivity index (χ3v) is 7.13. The summed E-state index contributed by atoms with van der Waals surface area (Å²) >= 11 is 0. The van der Waals surface area contributed by atoms with Gasteiger partial charge in [0.25, 0.3) is 11.9 Å². The van der Waals surface area contributed by atoms with Crippen LogP contribution in [0.15, 0.2) is 106 Å². The van der Waals surface area contributed by atoms with E-state index in [9.17, 15) is 14.6 Å². The minimum Gasteiger partial charge on any atom is -0.492 e. The maximum absolute atomic E-state index is 12.6. The first-order chi connectivity index (χ1) is 17.6. The molecule has 2 N–H and O–H groups in total. The van der Waals surface area contributed by atoms with Crippen LogP contribution >= 0.6 is 0 Å². The van der Waals surface area contributed by atoms with Crippen molar-refractivity contribution in [2.45, 2.75) is 18.8 Å². The number of likely N-dealkylation sites (tertiary alicyclic amines) is 1. The lowest BCUT2D eigenvalue weighted by molar-refractivity contribution is 0.0668. The van der Waals surface area contributed by atoms with Gasteiger partial charge in [0.15, 0.2) is 0 Å². The molecule has 0 aromatic heterocycles. The normalized spacial score (nSPS) is 23.5. The van der Waals surface area contributed by atoms with E-state index in [1.54, 1.807) is 0 Å². The molecule has 0 saturated carbocycles. The van der Waals surface area contributed by atoms with Crippen molar-refractivity contribution >= 4 is 0 Å². The smallest absolute Gasteiger partial charge is 0.291 e. The summed E-state index contributed by atoms with van der Waals surface area (Å²) < 4.78 is 29.9. The van der Waals surface area contributed by atoms with Gasteiger partial charge in [-0.25, -0.2) is 0 Å². The maximum Gasteiger partial charge on any atom is 0.291 e. The van der Waals surface area contributed by atoms with E-state index in [1.807, 2.05) is 48.6 Å². The largest absolute Gasteiger partial charge is 0.492 e. The number of alkyl halides is 1. The zero-order chi connectivity index (χ0) is 24.6. The topological polar surface area (TPSA) is 71.4 Å². The number of ether oxygens (including phenoxy) is 3. The molecule has 3 heterocycles. The summed E-state index contributed by atoms with van der Waals surface area (Å²) in [6, 6.07) is 7.92. The molecule has 1 saturated heterocycles. The van der Waals surface area contributed by atoms with Gasteiger partial charge in [0.05, 0.1) is 12.2 Å². The Labute approximate surface area is 209 Å². The van der Waals surface area contributed by atoms with Crippen molar-refractivity contribution in [3.05, 3.63) is 112 Å². The number of nitrogens with zero attached hydrogens (tertiary/aromatic N) is 1. The van der Waals surface area contributed by atoms with E-state index in [4.69, 9.17) is 14.2 Å². The van der Waals surface area contributed by atoms with E-state index in [1.165, 1.54) is 6.08 Å². The van der Waals surface area contributed by atoms with E-state index in [-0.39, 0.29) is 30.4 Å². The Kier molecular flexibility index (Phi) is 5.93. The minimum absolute atomic E-state index is 0.0459. The third-order valence-electron chi connectivity index (χ3n) is 7.13. The number of halogens is 1. The molecule has 3 aliphatic heterocycles. The first kappa shape index (κ1) is 22.7. The number of aliphatic hydroxyl groups excluding tert-OH is 2. The highest BCUT2D eigenvalue weighted by molar-refractivity contribution is 5.67. The van der Waals surface area contributed by atoms with Gasteiger partial charge in [-0.3, -0.25) is 9.29 Å². The number of rotatable bonds is 6. The summed E-state index contributed by atoms with van der Waals surface area (Å²) in [6.45, 7) is 2.75. The highest BCUT2D eigenvalue weighted by Gasteiger charge is 2.33. The number of allylic oxidation sites excluding steroid dienone is 10. The summed E-state index contributed by atoms with van der Waals surface area (Å²) in [5, 5.41) is 21.2. The van der Waals surface area contributed by atoms with Crippen molar-refractivity contribution in [1.82, 2.24) is 4.90 Å². The first-order valence-electron chi connectivity index (χ1n) is 12.3. The maximum atomic E-state index is 12.6. The van der Waals surface area contributed by atoms with Crippen LogP contribution < -0.4 is 4.74 Å². The second kappa shape index (κ2) is 9.39. The SMILES string of the molecule is OC1=CC2=C3C=C[C@H](c4ccc(OCCN5CC(CF)C5)cc4)C=C3OC(O)=C2C2=C(CCC=C2)O1. The molecule has 0 bridgehead atoms. The number of fused-ring (bicyclic) bond motifs is 3. The van der Waals surface area contributed by atoms with E-state index < -0.39 is 0 Å². The molecule has 186 valence electrons. The minimum atomic E-state index is -0.241. The quantitative estimate of drug-likeness (QED) is 0.539. The van der Waals surface area contributed by atoms with Crippen molar-refractivity contribution < 1.29 is 28.8 Å². The van der Waals surface area contributed by atoms with Gasteiger partial charge >= 0.3 is 0 Å². The molecule has 6 rings (SSSR count). The van der Waals surface area contributed by atoms with Gasteiger partial charge in [-0.2, -0.15) is 0 Å². The third kappa shape index (κ3) is 4.24. The van der Waals surface area contributed by atoms with Crippen LogP contribution in [0.2, 0.25) is 0 Å². The summed E-state index contributed by atoms with van der Waals surface area (Å²) in [6.07, 6.45) is 12.9. The van der Waals surface area contributed by atoms with Crippen LogP contribution in [-0.4, -0.2) is 48.0 Å². The fraction of sp³-hybridized carbons (Fsp3) is 0.310. The van der Waals surface area contributed by atoms with Crippen molar-refractivity contribution in [3.8, 4) is 5.75 Å². The summed E-state index contributed by atoms with van der Waals surface area (Å²) in [5.41, 5.74) is 3.76. The molecule has 36 heavy (non-hydrogen) atoms. The van der Waals surface area contributed by atoms with Gasteiger partial charge in [-0.15, -0.1) is 0 Å². The van der Waals surface area contributed by atoms with Crippen LogP contribution in [0, 0.1) is 5.92 Å². The van der Waals surface area contributed by atoms with Gasteiger partial charge in [0.1, 0.15) is 23.9 Å². The van der Waals surface area contributed by atoms with E-state index in [2.05, 4.69) is 11.0 Å². The van der Waals surface area contributed by atoms with Gasteiger partial charge in [0, 0.05) is 60.7 Å². The van der Waals surface area contributed by atoms with Crippen molar-refractivity contribution in [1.29, 1.82) is 0 Å². The second-order valence-corrected chi connectivity index (χ2v) is 9.59. The number of hydrogen-bond acceptors (Lipinski definition) is 6. The molecular weight excluding hydrogens is 461 g/mol. The Bertz CT molecular complexity index is 1270. The van der Waals surface area contributed by atoms with Crippen LogP contribution in [0.4, 0.5) is 4.39 Å². The highest BCUT2D eigenvalue weighted by Crippen LogP contribution is 2.44. The Morgan fingerprint density at radius 2 is 1.86 bits per heavy atom. The Hall–Kier alpha value is -3.71. The second-order valence-electron chi connectivity index (χ2n) is 9.59. The molecular formula is C29H28FNO5. The molecule has 6 nitrogen and oxygen atoms in total. The number of hydrogen-bond donors (Lipinski definition) is 2. The van der Waals surface area contributed by atoms with E-state index in [0.717, 1.165) is 48.5 Å². The molecule has 0 amide bonds. The molecule has 1 aromatic rings. The van der Waals surface area contributed by atoms with Crippen LogP contribution in [0.1, 0.15) is 24.3 Å². The number of aliphatic hydroxyl groups is 2.